The van der Waals surface area contributed by atoms with E-state index in [1.807, 2.05) is 0 Å². The summed E-state index contributed by atoms with van der Waals surface area (Å²) in [5, 5.41) is 7.34. The number of ether oxygens (including phenoxy) is 1. The molecule has 0 amide bonds. The van der Waals surface area contributed by atoms with Gasteiger partial charge in [0.2, 0.25) is 11.7 Å². The van der Waals surface area contributed by atoms with Gasteiger partial charge >= 0.3 is 6.18 Å². The van der Waals surface area contributed by atoms with Crippen LogP contribution in [0.2, 0.25) is 5.02 Å². The lowest BCUT2D eigenvalue weighted by atomic mass is 10.2. The van der Waals surface area contributed by atoms with Gasteiger partial charge in [-0.05, 0) is 12.1 Å². The molecule has 0 aliphatic heterocycles. The van der Waals surface area contributed by atoms with Crippen LogP contribution in [0, 0.1) is 0 Å². The van der Waals surface area contributed by atoms with Crippen LogP contribution in [0.4, 0.5) is 13.2 Å². The van der Waals surface area contributed by atoms with Gasteiger partial charge in [0.05, 0.1) is 30.0 Å². The average molecular weight is 317 g/mol. The second-order valence-corrected chi connectivity index (χ2v) is 4.64. The Hall–Kier alpha value is -2.22. The maximum absolute atomic E-state index is 13.0. The minimum absolute atomic E-state index is 0.134. The molecule has 2 aromatic heterocycles. The van der Waals surface area contributed by atoms with Crippen molar-refractivity contribution < 1.29 is 17.9 Å². The Labute approximate surface area is 121 Å². The topological polar surface area (TPSA) is 55.7 Å². The fourth-order valence-electron chi connectivity index (χ4n) is 1.99. The molecule has 0 bridgehead atoms. The third-order valence-electron chi connectivity index (χ3n) is 2.91. The molecule has 0 aliphatic carbocycles. The number of fused-ring (bicyclic) bond motifs is 1. The third kappa shape index (κ3) is 2.31. The van der Waals surface area contributed by atoms with E-state index in [2.05, 4.69) is 15.2 Å². The molecule has 9 heteroatoms. The predicted octanol–water partition coefficient (Wildman–Crippen LogP) is 3.43. The van der Waals surface area contributed by atoms with E-state index in [1.54, 1.807) is 0 Å². The SMILES string of the molecule is COc1cn(-c2cc(Cl)c3[nH]ncc3c2)c(C(F)(F)F)n1. The van der Waals surface area contributed by atoms with Crippen LogP contribution in [0.15, 0.2) is 24.5 Å². The van der Waals surface area contributed by atoms with Crippen molar-refractivity contribution in [3.05, 3.63) is 35.4 Å². The molecular weight excluding hydrogens is 309 g/mol. The maximum atomic E-state index is 13.0. The first-order chi connectivity index (χ1) is 9.90. The van der Waals surface area contributed by atoms with Crippen molar-refractivity contribution in [2.75, 3.05) is 7.11 Å². The maximum Gasteiger partial charge on any atom is 0.450 e. The van der Waals surface area contributed by atoms with Crippen molar-refractivity contribution in [1.29, 1.82) is 0 Å². The van der Waals surface area contributed by atoms with Gasteiger partial charge in [0.25, 0.3) is 0 Å². The highest BCUT2D eigenvalue weighted by Crippen LogP contribution is 2.34. The zero-order valence-electron chi connectivity index (χ0n) is 10.6. The van der Waals surface area contributed by atoms with Crippen LogP contribution >= 0.6 is 11.6 Å². The third-order valence-corrected chi connectivity index (χ3v) is 3.21. The summed E-state index contributed by atoms with van der Waals surface area (Å²) in [4.78, 5) is 3.42. The molecule has 1 aromatic carbocycles. The molecular formula is C12H8ClF3N4O. The molecule has 5 nitrogen and oxygen atoms in total. The highest BCUT2D eigenvalue weighted by Gasteiger charge is 2.38. The Balaban J connectivity index is 2.24. The normalized spacial score (nSPS) is 12.0. The first kappa shape index (κ1) is 13.7. The van der Waals surface area contributed by atoms with Crippen molar-refractivity contribution in [3.63, 3.8) is 0 Å². The van der Waals surface area contributed by atoms with E-state index in [4.69, 9.17) is 16.3 Å². The van der Waals surface area contributed by atoms with E-state index in [-0.39, 0.29) is 16.6 Å². The first-order valence-corrected chi connectivity index (χ1v) is 6.11. The van der Waals surface area contributed by atoms with Gasteiger partial charge in [0.15, 0.2) is 0 Å². The predicted molar refractivity (Wildman–Crippen MR) is 69.8 cm³/mol. The number of imidazole rings is 1. The number of benzene rings is 1. The van der Waals surface area contributed by atoms with Gasteiger partial charge in [-0.25, -0.2) is 0 Å². The zero-order valence-corrected chi connectivity index (χ0v) is 11.3. The van der Waals surface area contributed by atoms with E-state index in [1.165, 1.54) is 25.4 Å². The van der Waals surface area contributed by atoms with Crippen molar-refractivity contribution in [1.82, 2.24) is 19.7 Å². The quantitative estimate of drug-likeness (QED) is 0.788. The smallest absolute Gasteiger partial charge is 0.450 e. The molecule has 0 atom stereocenters. The van der Waals surface area contributed by atoms with Crippen LogP contribution in [0.5, 0.6) is 5.88 Å². The zero-order chi connectivity index (χ0) is 15.2. The lowest BCUT2D eigenvalue weighted by molar-refractivity contribution is -0.146. The summed E-state index contributed by atoms with van der Waals surface area (Å²) >= 11 is 6.04. The molecule has 0 saturated heterocycles. The first-order valence-electron chi connectivity index (χ1n) is 5.73. The van der Waals surface area contributed by atoms with Gasteiger partial charge in [0.1, 0.15) is 0 Å². The second kappa shape index (κ2) is 4.66. The molecule has 110 valence electrons. The summed E-state index contributed by atoms with van der Waals surface area (Å²) in [5.74, 6) is -1.22. The summed E-state index contributed by atoms with van der Waals surface area (Å²) in [5.41, 5.74) is 0.776. The summed E-state index contributed by atoms with van der Waals surface area (Å²) in [6.07, 6.45) is -1.98. The van der Waals surface area contributed by atoms with Gasteiger partial charge in [-0.1, -0.05) is 11.6 Å². The second-order valence-electron chi connectivity index (χ2n) is 4.24. The molecule has 21 heavy (non-hydrogen) atoms. The number of rotatable bonds is 2. The van der Waals surface area contributed by atoms with Crippen LogP contribution < -0.4 is 4.74 Å². The van der Waals surface area contributed by atoms with E-state index in [0.717, 1.165) is 10.8 Å². The molecule has 3 rings (SSSR count). The Morgan fingerprint density at radius 3 is 2.76 bits per heavy atom. The minimum atomic E-state index is -4.62. The molecule has 0 saturated carbocycles. The number of H-pyrrole nitrogens is 1. The number of methoxy groups -OCH3 is 1. The molecule has 2 heterocycles. The lowest BCUT2D eigenvalue weighted by Crippen LogP contribution is -2.13. The molecule has 0 spiro atoms. The van der Waals surface area contributed by atoms with Crippen LogP contribution in [0.3, 0.4) is 0 Å². The molecule has 0 radical (unpaired) electrons. The summed E-state index contributed by atoms with van der Waals surface area (Å²) in [7, 11) is 1.25. The van der Waals surface area contributed by atoms with Gasteiger partial charge in [-0.15, -0.1) is 0 Å². The Morgan fingerprint density at radius 1 is 1.33 bits per heavy atom. The fraction of sp³-hybridized carbons (Fsp3) is 0.167. The number of hydrogen-bond donors (Lipinski definition) is 1. The van der Waals surface area contributed by atoms with Crippen molar-refractivity contribution in [2.45, 2.75) is 6.18 Å². The molecule has 3 aromatic rings. The van der Waals surface area contributed by atoms with Gasteiger partial charge in [-0.2, -0.15) is 23.3 Å². The average Bonchev–Trinajstić information content (AvgIpc) is 3.04. The summed E-state index contributed by atoms with van der Waals surface area (Å²) < 4.78 is 44.8. The van der Waals surface area contributed by atoms with Gasteiger partial charge in [0, 0.05) is 11.1 Å². The van der Waals surface area contributed by atoms with Gasteiger partial charge < -0.3 is 4.74 Å². The van der Waals surface area contributed by atoms with Crippen LogP contribution in [0.25, 0.3) is 16.6 Å². The standard InChI is InChI=1S/C12H8ClF3N4O/c1-21-9-5-20(11(18-9)12(14,15)16)7-2-6-4-17-19-10(6)8(13)3-7/h2-5H,1H3,(H,17,19). The number of halogens is 4. The largest absolute Gasteiger partial charge is 0.480 e. The Bertz CT molecular complexity index is 809. The monoisotopic (exact) mass is 316 g/mol. The molecule has 1 N–H and O–H groups in total. The number of nitrogens with one attached hydrogen (secondary N) is 1. The Kier molecular flexibility index (Phi) is 3.05. The number of aromatic nitrogens is 4. The molecule has 0 unspecified atom stereocenters. The number of hydrogen-bond acceptors (Lipinski definition) is 3. The van der Waals surface area contributed by atoms with Crippen LogP contribution in [-0.4, -0.2) is 26.9 Å². The highest BCUT2D eigenvalue weighted by molar-refractivity contribution is 6.35. The number of nitrogens with zero attached hydrogens (tertiary/aromatic N) is 3. The highest BCUT2D eigenvalue weighted by atomic mass is 35.5. The number of aromatic amines is 1. The summed E-state index contributed by atoms with van der Waals surface area (Å²) in [6.45, 7) is 0. The van der Waals surface area contributed by atoms with E-state index < -0.39 is 12.0 Å². The van der Waals surface area contributed by atoms with Gasteiger partial charge in [-0.3, -0.25) is 9.67 Å². The molecule has 0 aliphatic rings. The van der Waals surface area contributed by atoms with Crippen LogP contribution in [0.1, 0.15) is 5.82 Å². The number of alkyl halides is 3. The van der Waals surface area contributed by atoms with Crippen LogP contribution in [-0.2, 0) is 6.18 Å². The van der Waals surface area contributed by atoms with E-state index in [0.29, 0.717) is 10.9 Å². The lowest BCUT2D eigenvalue weighted by Gasteiger charge is -2.10. The van der Waals surface area contributed by atoms with E-state index >= 15 is 0 Å². The van der Waals surface area contributed by atoms with Crippen molar-refractivity contribution in [3.8, 4) is 11.6 Å². The van der Waals surface area contributed by atoms with E-state index in [9.17, 15) is 13.2 Å². The Morgan fingerprint density at radius 2 is 2.10 bits per heavy atom. The summed E-state index contributed by atoms with van der Waals surface area (Å²) in [6, 6.07) is 2.93. The van der Waals surface area contributed by atoms with Crippen molar-refractivity contribution >= 4 is 22.5 Å². The fourth-order valence-corrected chi connectivity index (χ4v) is 2.26. The van der Waals surface area contributed by atoms with Crippen molar-refractivity contribution in [2.24, 2.45) is 0 Å². The molecule has 0 fully saturated rings. The minimum Gasteiger partial charge on any atom is -0.480 e.